The van der Waals surface area contributed by atoms with Gasteiger partial charge in [0.1, 0.15) is 0 Å². The molecule has 0 unspecified atom stereocenters. The maximum atomic E-state index is 5.80. The molecule has 14 heavy (non-hydrogen) atoms. The van der Waals surface area contributed by atoms with Crippen LogP contribution in [0.25, 0.3) is 5.69 Å². The standard InChI is InChI=1S/C9H7BrClN3/c10-6-4-13-14(5-6)9-2-1-7(11)3-8(9)12/h1-5H,12H2. The van der Waals surface area contributed by atoms with E-state index in [1.165, 1.54) is 0 Å². The highest BCUT2D eigenvalue weighted by molar-refractivity contribution is 9.10. The Bertz CT molecular complexity index is 467. The molecule has 72 valence electrons. The van der Waals surface area contributed by atoms with E-state index >= 15 is 0 Å². The molecule has 0 radical (unpaired) electrons. The van der Waals surface area contributed by atoms with Crippen LogP contribution in [-0.2, 0) is 0 Å². The molecule has 0 atom stereocenters. The first-order valence-corrected chi connectivity index (χ1v) is 5.09. The Labute approximate surface area is 94.6 Å². The second kappa shape index (κ2) is 3.63. The van der Waals surface area contributed by atoms with Crippen molar-refractivity contribution in [2.45, 2.75) is 0 Å². The summed E-state index contributed by atoms with van der Waals surface area (Å²) in [7, 11) is 0. The number of anilines is 1. The number of hydrogen-bond acceptors (Lipinski definition) is 2. The van der Waals surface area contributed by atoms with Crippen molar-refractivity contribution in [3.8, 4) is 5.69 Å². The van der Waals surface area contributed by atoms with E-state index in [9.17, 15) is 0 Å². The Morgan fingerprint density at radius 2 is 2.21 bits per heavy atom. The Kier molecular flexibility index (Phi) is 2.48. The summed E-state index contributed by atoms with van der Waals surface area (Å²) in [4.78, 5) is 0. The molecular weight excluding hydrogens is 265 g/mol. The zero-order chi connectivity index (χ0) is 10.1. The van der Waals surface area contributed by atoms with E-state index in [1.807, 2.05) is 12.3 Å². The lowest BCUT2D eigenvalue weighted by Gasteiger charge is -2.04. The van der Waals surface area contributed by atoms with Crippen LogP contribution in [0.5, 0.6) is 0 Å². The average molecular weight is 273 g/mol. The zero-order valence-electron chi connectivity index (χ0n) is 7.11. The average Bonchev–Trinajstić information content (AvgIpc) is 2.51. The van der Waals surface area contributed by atoms with Crippen molar-refractivity contribution in [3.63, 3.8) is 0 Å². The van der Waals surface area contributed by atoms with Crippen LogP contribution in [0.15, 0.2) is 35.1 Å². The molecule has 0 fully saturated rings. The Balaban J connectivity index is 2.52. The number of nitrogens with two attached hydrogens (primary N) is 1. The number of rotatable bonds is 1. The molecule has 1 aromatic carbocycles. The molecule has 2 rings (SSSR count). The maximum Gasteiger partial charge on any atom is 0.0876 e. The van der Waals surface area contributed by atoms with Crippen LogP contribution < -0.4 is 5.73 Å². The predicted molar refractivity (Wildman–Crippen MR) is 60.7 cm³/mol. The third-order valence-corrected chi connectivity index (χ3v) is 2.43. The number of nitrogen functional groups attached to an aromatic ring is 1. The van der Waals surface area contributed by atoms with Crippen molar-refractivity contribution in [1.29, 1.82) is 0 Å². The highest BCUT2D eigenvalue weighted by Gasteiger charge is 2.03. The van der Waals surface area contributed by atoms with Crippen molar-refractivity contribution >= 4 is 33.2 Å². The predicted octanol–water partition coefficient (Wildman–Crippen LogP) is 2.87. The van der Waals surface area contributed by atoms with Gasteiger partial charge in [0, 0.05) is 11.2 Å². The Morgan fingerprint density at radius 3 is 2.79 bits per heavy atom. The molecule has 0 aliphatic carbocycles. The second-order valence-electron chi connectivity index (χ2n) is 2.81. The van der Waals surface area contributed by atoms with Gasteiger partial charge in [0.25, 0.3) is 0 Å². The van der Waals surface area contributed by atoms with Crippen molar-refractivity contribution in [2.75, 3.05) is 5.73 Å². The van der Waals surface area contributed by atoms with Gasteiger partial charge in [-0.3, -0.25) is 0 Å². The molecule has 3 nitrogen and oxygen atoms in total. The fourth-order valence-electron chi connectivity index (χ4n) is 1.17. The molecule has 0 saturated carbocycles. The molecule has 2 aromatic rings. The Hall–Kier alpha value is -1.00. The highest BCUT2D eigenvalue weighted by atomic mass is 79.9. The van der Waals surface area contributed by atoms with Crippen molar-refractivity contribution in [2.24, 2.45) is 0 Å². The summed E-state index contributed by atoms with van der Waals surface area (Å²) < 4.78 is 2.60. The quantitative estimate of drug-likeness (QED) is 0.811. The molecule has 0 aliphatic rings. The first-order valence-electron chi connectivity index (χ1n) is 3.92. The lowest BCUT2D eigenvalue weighted by atomic mass is 10.3. The van der Waals surface area contributed by atoms with E-state index in [-0.39, 0.29) is 0 Å². The van der Waals surface area contributed by atoms with Crippen LogP contribution in [0.1, 0.15) is 0 Å². The summed E-state index contributed by atoms with van der Waals surface area (Å²) in [6.07, 6.45) is 3.54. The van der Waals surface area contributed by atoms with Crippen LogP contribution in [0.4, 0.5) is 5.69 Å². The molecule has 0 spiro atoms. The van der Waals surface area contributed by atoms with Crippen LogP contribution in [0, 0.1) is 0 Å². The van der Waals surface area contributed by atoms with Crippen molar-refractivity contribution in [1.82, 2.24) is 9.78 Å². The summed E-state index contributed by atoms with van der Waals surface area (Å²) in [6, 6.07) is 5.31. The molecule has 2 N–H and O–H groups in total. The largest absolute Gasteiger partial charge is 0.397 e. The van der Waals surface area contributed by atoms with Crippen LogP contribution in [0.2, 0.25) is 5.02 Å². The van der Waals surface area contributed by atoms with Gasteiger partial charge >= 0.3 is 0 Å². The van der Waals surface area contributed by atoms with Gasteiger partial charge in [-0.25, -0.2) is 4.68 Å². The van der Waals surface area contributed by atoms with E-state index in [2.05, 4.69) is 21.0 Å². The third kappa shape index (κ3) is 1.76. The minimum atomic E-state index is 0.605. The van der Waals surface area contributed by atoms with Gasteiger partial charge in [-0.05, 0) is 34.1 Å². The maximum absolute atomic E-state index is 5.80. The van der Waals surface area contributed by atoms with Gasteiger partial charge in [-0.15, -0.1) is 0 Å². The SMILES string of the molecule is Nc1cc(Cl)ccc1-n1cc(Br)cn1. The number of aromatic nitrogens is 2. The number of hydrogen-bond donors (Lipinski definition) is 1. The number of nitrogens with zero attached hydrogens (tertiary/aromatic N) is 2. The number of halogens is 2. The lowest BCUT2D eigenvalue weighted by molar-refractivity contribution is 0.883. The topological polar surface area (TPSA) is 43.8 Å². The summed E-state index contributed by atoms with van der Waals surface area (Å²) in [5.74, 6) is 0. The number of benzene rings is 1. The minimum Gasteiger partial charge on any atom is -0.397 e. The van der Waals surface area contributed by atoms with Crippen LogP contribution in [0.3, 0.4) is 0 Å². The molecule has 0 amide bonds. The molecule has 1 heterocycles. The lowest BCUT2D eigenvalue weighted by Crippen LogP contribution is -1.99. The summed E-state index contributed by atoms with van der Waals surface area (Å²) >= 11 is 9.11. The van der Waals surface area contributed by atoms with Gasteiger partial charge in [-0.1, -0.05) is 11.6 Å². The van der Waals surface area contributed by atoms with E-state index in [0.29, 0.717) is 10.7 Å². The normalized spacial score (nSPS) is 10.4. The van der Waals surface area contributed by atoms with Crippen molar-refractivity contribution < 1.29 is 0 Å². The molecule has 0 aliphatic heterocycles. The third-order valence-electron chi connectivity index (χ3n) is 1.79. The Morgan fingerprint density at radius 1 is 1.43 bits per heavy atom. The zero-order valence-corrected chi connectivity index (χ0v) is 9.46. The van der Waals surface area contributed by atoms with Gasteiger partial charge in [0.15, 0.2) is 0 Å². The molecule has 0 bridgehead atoms. The monoisotopic (exact) mass is 271 g/mol. The van der Waals surface area contributed by atoms with Crippen molar-refractivity contribution in [3.05, 3.63) is 40.1 Å². The fraction of sp³-hybridized carbons (Fsp3) is 0. The van der Waals surface area contributed by atoms with E-state index < -0.39 is 0 Å². The van der Waals surface area contributed by atoms with Gasteiger partial charge in [-0.2, -0.15) is 5.10 Å². The first-order chi connectivity index (χ1) is 6.66. The van der Waals surface area contributed by atoms with E-state index in [4.69, 9.17) is 17.3 Å². The van der Waals surface area contributed by atoms with Gasteiger partial charge in [0.05, 0.1) is 22.0 Å². The first kappa shape index (κ1) is 9.55. The van der Waals surface area contributed by atoms with Crippen LogP contribution >= 0.6 is 27.5 Å². The summed E-state index contributed by atoms with van der Waals surface area (Å²) in [6.45, 7) is 0. The highest BCUT2D eigenvalue weighted by Crippen LogP contribution is 2.22. The van der Waals surface area contributed by atoms with E-state index in [1.54, 1.807) is 23.0 Å². The minimum absolute atomic E-state index is 0.605. The van der Waals surface area contributed by atoms with Crippen LogP contribution in [-0.4, -0.2) is 9.78 Å². The second-order valence-corrected chi connectivity index (χ2v) is 4.16. The summed E-state index contributed by atoms with van der Waals surface area (Å²) in [5, 5.41) is 4.75. The van der Waals surface area contributed by atoms with E-state index in [0.717, 1.165) is 10.2 Å². The molecule has 5 heteroatoms. The molecular formula is C9H7BrClN3. The van der Waals surface area contributed by atoms with Gasteiger partial charge < -0.3 is 5.73 Å². The van der Waals surface area contributed by atoms with Gasteiger partial charge in [0.2, 0.25) is 0 Å². The molecule has 1 aromatic heterocycles. The summed E-state index contributed by atoms with van der Waals surface area (Å²) in [5.41, 5.74) is 7.23. The smallest absolute Gasteiger partial charge is 0.0876 e. The molecule has 0 saturated heterocycles. The fourth-order valence-corrected chi connectivity index (χ4v) is 1.63.